The van der Waals surface area contributed by atoms with Gasteiger partial charge in [-0.2, -0.15) is 0 Å². The van der Waals surface area contributed by atoms with Gasteiger partial charge < -0.3 is 10.2 Å². The Labute approximate surface area is 182 Å². The lowest BCUT2D eigenvalue weighted by atomic mass is 9.48. The van der Waals surface area contributed by atoms with Gasteiger partial charge in [-0.05, 0) is 81.0 Å². The minimum absolute atomic E-state index is 0.0873. The van der Waals surface area contributed by atoms with Gasteiger partial charge in [0, 0.05) is 24.8 Å². The van der Waals surface area contributed by atoms with E-state index >= 15 is 0 Å². The summed E-state index contributed by atoms with van der Waals surface area (Å²) < 4.78 is 26.3. The molecule has 1 aliphatic heterocycles. The molecule has 0 spiro atoms. The van der Waals surface area contributed by atoms with Crippen molar-refractivity contribution < 1.29 is 8.42 Å². The van der Waals surface area contributed by atoms with Crippen LogP contribution in [0.1, 0.15) is 52.9 Å². The summed E-state index contributed by atoms with van der Waals surface area (Å²) in [5.41, 5.74) is 3.96. The number of piperidine rings is 1. The maximum Gasteiger partial charge on any atom is 0.232 e. The first-order valence-electron chi connectivity index (χ1n) is 11.6. The monoisotopic (exact) mass is 431 g/mol. The van der Waals surface area contributed by atoms with E-state index in [1.54, 1.807) is 12.5 Å². The van der Waals surface area contributed by atoms with Crippen LogP contribution in [-0.4, -0.2) is 39.8 Å². The van der Waals surface area contributed by atoms with Crippen LogP contribution < -0.4 is 14.9 Å². The smallest absolute Gasteiger partial charge is 0.232 e. The van der Waals surface area contributed by atoms with E-state index in [1.165, 1.54) is 19.3 Å². The minimum Gasteiger partial charge on any atom is -0.371 e. The van der Waals surface area contributed by atoms with Crippen LogP contribution in [-0.2, 0) is 10.0 Å². The Morgan fingerprint density at radius 1 is 1.20 bits per heavy atom. The Hall–Kier alpha value is -1.53. The Kier molecular flexibility index (Phi) is 6.18. The Morgan fingerprint density at radius 3 is 2.63 bits per heavy atom. The van der Waals surface area contributed by atoms with Gasteiger partial charge in [-0.1, -0.05) is 31.6 Å². The van der Waals surface area contributed by atoms with Gasteiger partial charge in [-0.3, -0.25) is 4.72 Å². The number of anilines is 2. The predicted octanol–water partition coefficient (Wildman–Crippen LogP) is 4.39. The standard InChI is InChI=1S/C24H37N3O2S/c1-4-30(28,29)26-21-6-5-7-22(17-21)27-14-11-20(12-15-27)25-13-10-18-8-9-19-16-23(18)24(19,2)3/h5-8,17,19-20,23,25-26H,4,9-16H2,1-3H3/t19-,23-/m0/s1. The highest BCUT2D eigenvalue weighted by atomic mass is 32.2. The number of allylic oxidation sites excluding steroid dienone is 1. The molecule has 5 nitrogen and oxygen atoms in total. The van der Waals surface area contributed by atoms with E-state index in [9.17, 15) is 8.42 Å². The molecular weight excluding hydrogens is 394 g/mol. The molecule has 6 heteroatoms. The molecular formula is C24H37N3O2S. The largest absolute Gasteiger partial charge is 0.371 e. The van der Waals surface area contributed by atoms with Gasteiger partial charge in [-0.25, -0.2) is 8.42 Å². The summed E-state index contributed by atoms with van der Waals surface area (Å²) in [6.45, 7) is 9.64. The molecule has 2 N–H and O–H groups in total. The Bertz CT molecular complexity index is 885. The maximum absolute atomic E-state index is 11.8. The zero-order chi connectivity index (χ0) is 21.4. The second-order valence-electron chi connectivity index (χ2n) is 9.84. The van der Waals surface area contributed by atoms with Gasteiger partial charge in [0.1, 0.15) is 0 Å². The first-order chi connectivity index (χ1) is 14.3. The van der Waals surface area contributed by atoms with Crippen LogP contribution in [0.25, 0.3) is 0 Å². The van der Waals surface area contributed by atoms with E-state index in [-0.39, 0.29) is 5.75 Å². The van der Waals surface area contributed by atoms with Crippen LogP contribution in [0.5, 0.6) is 0 Å². The van der Waals surface area contributed by atoms with Crippen LogP contribution in [0, 0.1) is 17.3 Å². The summed E-state index contributed by atoms with van der Waals surface area (Å²) in [4.78, 5) is 2.36. The minimum atomic E-state index is -3.24. The molecule has 1 aromatic carbocycles. The predicted molar refractivity (Wildman–Crippen MR) is 125 cm³/mol. The topological polar surface area (TPSA) is 61.4 Å². The number of rotatable bonds is 8. The maximum atomic E-state index is 11.8. The normalized spacial score (nSPS) is 26.1. The highest BCUT2D eigenvalue weighted by molar-refractivity contribution is 7.92. The van der Waals surface area contributed by atoms with Crippen molar-refractivity contribution in [3.63, 3.8) is 0 Å². The fourth-order valence-electron chi connectivity index (χ4n) is 5.54. The molecule has 0 radical (unpaired) electrons. The van der Waals surface area contributed by atoms with Crippen molar-refractivity contribution in [1.29, 1.82) is 0 Å². The van der Waals surface area contributed by atoms with Gasteiger partial charge >= 0.3 is 0 Å². The Balaban J connectivity index is 1.23. The second kappa shape index (κ2) is 8.54. The van der Waals surface area contributed by atoms with Crippen molar-refractivity contribution in [2.45, 2.75) is 58.9 Å². The SMILES string of the molecule is CCS(=O)(=O)Nc1cccc(N2CCC(NCCC3=CC[C@H]4C[C@@H]3C4(C)C)CC2)c1. The van der Waals surface area contributed by atoms with Crippen LogP contribution in [0.3, 0.4) is 0 Å². The molecule has 1 saturated heterocycles. The van der Waals surface area contributed by atoms with E-state index < -0.39 is 10.0 Å². The highest BCUT2D eigenvalue weighted by Crippen LogP contribution is 2.59. The van der Waals surface area contributed by atoms with Gasteiger partial charge in [0.15, 0.2) is 0 Å². The average Bonchev–Trinajstić information content (AvgIpc) is 2.74. The third kappa shape index (κ3) is 4.54. The molecule has 0 amide bonds. The zero-order valence-electron chi connectivity index (χ0n) is 18.7. The number of fused-ring (bicyclic) bond motifs is 1. The van der Waals surface area contributed by atoms with Crippen LogP contribution in [0.2, 0.25) is 0 Å². The molecule has 0 aromatic heterocycles. The lowest BCUT2D eigenvalue weighted by molar-refractivity contribution is -0.00820. The van der Waals surface area contributed by atoms with E-state index in [2.05, 4.69) is 40.9 Å². The van der Waals surface area contributed by atoms with Crippen molar-refractivity contribution in [3.05, 3.63) is 35.9 Å². The molecule has 30 heavy (non-hydrogen) atoms. The van der Waals surface area contributed by atoms with Crippen molar-refractivity contribution >= 4 is 21.4 Å². The number of nitrogens with one attached hydrogen (secondary N) is 2. The van der Waals surface area contributed by atoms with Gasteiger partial charge in [-0.15, -0.1) is 0 Å². The number of sulfonamides is 1. The summed E-state index contributed by atoms with van der Waals surface area (Å²) in [5, 5.41) is 3.80. The summed E-state index contributed by atoms with van der Waals surface area (Å²) in [6.07, 6.45) is 8.66. The summed E-state index contributed by atoms with van der Waals surface area (Å²) in [6, 6.07) is 8.34. The van der Waals surface area contributed by atoms with Crippen molar-refractivity contribution in [2.75, 3.05) is 35.0 Å². The lowest BCUT2D eigenvalue weighted by Gasteiger charge is -2.56. The summed E-state index contributed by atoms with van der Waals surface area (Å²) in [7, 11) is -3.24. The second-order valence-corrected chi connectivity index (χ2v) is 11.9. The Morgan fingerprint density at radius 2 is 1.97 bits per heavy atom. The molecule has 3 aliphatic carbocycles. The quantitative estimate of drug-likeness (QED) is 0.599. The van der Waals surface area contributed by atoms with Crippen molar-refractivity contribution in [1.82, 2.24) is 5.32 Å². The molecule has 2 fully saturated rings. The van der Waals surface area contributed by atoms with Crippen LogP contribution in [0.15, 0.2) is 35.9 Å². The van der Waals surface area contributed by atoms with Crippen molar-refractivity contribution in [2.24, 2.45) is 17.3 Å². The summed E-state index contributed by atoms with van der Waals surface area (Å²) >= 11 is 0. The lowest BCUT2D eigenvalue weighted by Crippen LogP contribution is -2.48. The third-order valence-corrected chi connectivity index (χ3v) is 9.10. The van der Waals surface area contributed by atoms with E-state index in [0.29, 0.717) is 17.1 Å². The van der Waals surface area contributed by atoms with Gasteiger partial charge in [0.25, 0.3) is 0 Å². The zero-order valence-corrected chi connectivity index (χ0v) is 19.5. The molecule has 2 atom stereocenters. The molecule has 1 heterocycles. The van der Waals surface area contributed by atoms with Crippen LogP contribution >= 0.6 is 0 Å². The number of nitrogens with zero attached hydrogens (tertiary/aromatic N) is 1. The molecule has 0 unspecified atom stereocenters. The van der Waals surface area contributed by atoms with E-state index in [1.807, 2.05) is 18.2 Å². The van der Waals surface area contributed by atoms with Gasteiger partial charge in [0.2, 0.25) is 10.0 Å². The average molecular weight is 432 g/mol. The fourth-order valence-corrected chi connectivity index (χ4v) is 6.17. The molecule has 2 bridgehead atoms. The van der Waals surface area contributed by atoms with Crippen LogP contribution in [0.4, 0.5) is 11.4 Å². The number of benzene rings is 1. The highest BCUT2D eigenvalue weighted by Gasteiger charge is 2.50. The fraction of sp³-hybridized carbons (Fsp3) is 0.667. The molecule has 1 saturated carbocycles. The third-order valence-electron chi connectivity index (χ3n) is 7.79. The van der Waals surface area contributed by atoms with Gasteiger partial charge in [0.05, 0.1) is 11.4 Å². The van der Waals surface area contributed by atoms with E-state index in [4.69, 9.17) is 0 Å². The molecule has 1 aromatic rings. The van der Waals surface area contributed by atoms with Crippen molar-refractivity contribution in [3.8, 4) is 0 Å². The summed E-state index contributed by atoms with van der Waals surface area (Å²) in [5.74, 6) is 1.82. The first-order valence-corrected chi connectivity index (χ1v) is 13.2. The molecule has 4 aliphatic rings. The molecule has 5 rings (SSSR count). The van der Waals surface area contributed by atoms with E-state index in [0.717, 1.165) is 50.0 Å². The number of hydrogen-bond donors (Lipinski definition) is 2. The number of hydrogen-bond acceptors (Lipinski definition) is 4. The molecule has 166 valence electrons. The first kappa shape index (κ1) is 21.7.